The van der Waals surface area contributed by atoms with Crippen molar-refractivity contribution in [3.63, 3.8) is 0 Å². The van der Waals surface area contributed by atoms with E-state index < -0.39 is 11.7 Å². The average Bonchev–Trinajstić information content (AvgIpc) is 2.49. The van der Waals surface area contributed by atoms with Crippen LogP contribution in [0.15, 0.2) is 35.4 Å². The molecule has 1 aromatic carbocycles. The number of rotatable bonds is 3. The minimum absolute atomic E-state index is 0.0413. The standard InChI is InChI=1S/C14H12FN3O2S/c15-9-7-8(13(16)19)1-2-10(9)20-11-3-4-17-14-12(11)21-6-5-18-14/h1-4,7H,5-6H2,(H2,16,19)(H,17,18). The van der Waals surface area contributed by atoms with Crippen LogP contribution in [0.2, 0.25) is 0 Å². The van der Waals surface area contributed by atoms with Gasteiger partial charge < -0.3 is 15.8 Å². The number of nitrogens with one attached hydrogen (secondary N) is 1. The molecule has 0 atom stereocenters. The van der Waals surface area contributed by atoms with Gasteiger partial charge in [-0.05, 0) is 18.2 Å². The third kappa shape index (κ3) is 2.78. The van der Waals surface area contributed by atoms with Crippen LogP contribution in [-0.4, -0.2) is 23.2 Å². The normalized spacial score (nSPS) is 13.2. The van der Waals surface area contributed by atoms with E-state index in [0.717, 1.165) is 29.1 Å². The smallest absolute Gasteiger partial charge is 0.248 e. The summed E-state index contributed by atoms with van der Waals surface area (Å²) >= 11 is 1.60. The molecule has 2 heterocycles. The molecule has 3 rings (SSSR count). The number of pyridine rings is 1. The number of hydrogen-bond donors (Lipinski definition) is 2. The first-order valence-corrected chi connectivity index (χ1v) is 7.26. The van der Waals surface area contributed by atoms with Crippen LogP contribution in [0.4, 0.5) is 10.2 Å². The zero-order valence-corrected chi connectivity index (χ0v) is 11.7. The van der Waals surface area contributed by atoms with Gasteiger partial charge >= 0.3 is 0 Å². The van der Waals surface area contributed by atoms with Gasteiger partial charge in [0.15, 0.2) is 11.6 Å². The first-order valence-electron chi connectivity index (χ1n) is 6.28. The van der Waals surface area contributed by atoms with E-state index in [1.54, 1.807) is 24.0 Å². The molecule has 0 aliphatic carbocycles. The quantitative estimate of drug-likeness (QED) is 0.911. The van der Waals surface area contributed by atoms with Gasteiger partial charge in [0.1, 0.15) is 11.6 Å². The van der Waals surface area contributed by atoms with E-state index in [2.05, 4.69) is 10.3 Å². The summed E-state index contributed by atoms with van der Waals surface area (Å²) in [5.74, 6) is 0.880. The maximum atomic E-state index is 14.0. The van der Waals surface area contributed by atoms with Gasteiger partial charge in [0, 0.05) is 30.1 Å². The van der Waals surface area contributed by atoms with Gasteiger partial charge in [0.05, 0.1) is 4.90 Å². The molecule has 3 N–H and O–H groups in total. The number of nitrogens with two attached hydrogens (primary N) is 1. The summed E-state index contributed by atoms with van der Waals surface area (Å²) in [5, 5.41) is 3.16. The maximum absolute atomic E-state index is 14.0. The molecule has 0 radical (unpaired) electrons. The molecular weight excluding hydrogens is 293 g/mol. The zero-order chi connectivity index (χ0) is 14.8. The van der Waals surface area contributed by atoms with Gasteiger partial charge in [0.25, 0.3) is 0 Å². The van der Waals surface area contributed by atoms with Gasteiger partial charge in [-0.1, -0.05) is 0 Å². The molecule has 1 aliphatic rings. The number of thioether (sulfide) groups is 1. The third-order valence-electron chi connectivity index (χ3n) is 2.95. The lowest BCUT2D eigenvalue weighted by Crippen LogP contribution is -2.12. The Bertz CT molecular complexity index is 709. The van der Waals surface area contributed by atoms with Crippen molar-refractivity contribution in [3.05, 3.63) is 41.8 Å². The van der Waals surface area contributed by atoms with Crippen LogP contribution in [0.3, 0.4) is 0 Å². The number of fused-ring (bicyclic) bond motifs is 1. The lowest BCUT2D eigenvalue weighted by molar-refractivity contribution is 0.1000. The SMILES string of the molecule is NC(=O)c1ccc(Oc2ccnc3c2SCCN3)c(F)c1. The Morgan fingerprint density at radius 3 is 3.00 bits per heavy atom. The Balaban J connectivity index is 1.92. The Morgan fingerprint density at radius 2 is 2.24 bits per heavy atom. The summed E-state index contributed by atoms with van der Waals surface area (Å²) in [5.41, 5.74) is 5.21. The minimum atomic E-state index is -0.679. The lowest BCUT2D eigenvalue weighted by Gasteiger charge is -2.19. The summed E-state index contributed by atoms with van der Waals surface area (Å²) in [6.45, 7) is 0.829. The molecule has 2 aromatic rings. The van der Waals surface area contributed by atoms with Crippen LogP contribution in [0.25, 0.3) is 0 Å². The molecule has 21 heavy (non-hydrogen) atoms. The summed E-state index contributed by atoms with van der Waals surface area (Å²) in [4.78, 5) is 16.1. The summed E-state index contributed by atoms with van der Waals surface area (Å²) < 4.78 is 19.6. The first kappa shape index (κ1) is 13.7. The number of amides is 1. The molecule has 0 saturated carbocycles. The summed E-state index contributed by atoms with van der Waals surface area (Å²) in [7, 11) is 0. The minimum Gasteiger partial charge on any atom is -0.453 e. The number of anilines is 1. The predicted octanol–water partition coefficient (Wildman–Crippen LogP) is 2.63. The van der Waals surface area contributed by atoms with E-state index in [9.17, 15) is 9.18 Å². The second-order valence-electron chi connectivity index (χ2n) is 4.37. The molecule has 0 unspecified atom stereocenters. The van der Waals surface area contributed by atoms with Gasteiger partial charge in [0.2, 0.25) is 5.91 Å². The zero-order valence-electron chi connectivity index (χ0n) is 10.9. The second-order valence-corrected chi connectivity index (χ2v) is 5.48. The van der Waals surface area contributed by atoms with Crippen molar-refractivity contribution < 1.29 is 13.9 Å². The summed E-state index contributed by atoms with van der Waals surface area (Å²) in [6.07, 6.45) is 1.60. The molecule has 5 nitrogen and oxygen atoms in total. The number of primary amides is 1. The van der Waals surface area contributed by atoms with Crippen LogP contribution < -0.4 is 15.8 Å². The number of nitrogens with zero attached hydrogens (tertiary/aromatic N) is 1. The van der Waals surface area contributed by atoms with Gasteiger partial charge in [-0.25, -0.2) is 9.37 Å². The van der Waals surface area contributed by atoms with Crippen LogP contribution in [-0.2, 0) is 0 Å². The number of halogens is 1. The lowest BCUT2D eigenvalue weighted by atomic mass is 10.2. The third-order valence-corrected chi connectivity index (χ3v) is 4.04. The Hall–Kier alpha value is -2.28. The Morgan fingerprint density at radius 1 is 1.38 bits per heavy atom. The highest BCUT2D eigenvalue weighted by atomic mass is 32.2. The number of benzene rings is 1. The fourth-order valence-corrected chi connectivity index (χ4v) is 2.88. The highest BCUT2D eigenvalue weighted by Gasteiger charge is 2.17. The van der Waals surface area contributed by atoms with Crippen LogP contribution in [0, 0.1) is 5.82 Å². The van der Waals surface area contributed by atoms with Crippen molar-refractivity contribution in [1.29, 1.82) is 0 Å². The molecule has 7 heteroatoms. The molecule has 1 amide bonds. The predicted molar refractivity (Wildman–Crippen MR) is 78.4 cm³/mol. The summed E-state index contributed by atoms with van der Waals surface area (Å²) in [6, 6.07) is 5.57. The van der Waals surface area contributed by atoms with Crippen molar-refractivity contribution in [2.75, 3.05) is 17.6 Å². The number of carbonyl (C=O) groups is 1. The monoisotopic (exact) mass is 305 g/mol. The molecule has 0 bridgehead atoms. The number of aromatic nitrogens is 1. The van der Waals surface area contributed by atoms with Crippen LogP contribution >= 0.6 is 11.8 Å². The molecule has 1 aromatic heterocycles. The molecular formula is C14H12FN3O2S. The topological polar surface area (TPSA) is 77.2 Å². The van der Waals surface area contributed by atoms with Crippen LogP contribution in [0.1, 0.15) is 10.4 Å². The number of ether oxygens (including phenoxy) is 1. The van der Waals surface area contributed by atoms with E-state index in [1.165, 1.54) is 12.1 Å². The van der Waals surface area contributed by atoms with Crippen molar-refractivity contribution in [1.82, 2.24) is 4.98 Å². The molecule has 0 spiro atoms. The Labute approximate surface area is 124 Å². The molecule has 0 saturated heterocycles. The van der Waals surface area contributed by atoms with Crippen molar-refractivity contribution >= 4 is 23.5 Å². The Kier molecular flexibility index (Phi) is 3.66. The fraction of sp³-hybridized carbons (Fsp3) is 0.143. The van der Waals surface area contributed by atoms with Crippen LogP contribution in [0.5, 0.6) is 11.5 Å². The highest BCUT2D eigenvalue weighted by molar-refractivity contribution is 7.99. The second kappa shape index (κ2) is 5.61. The first-order chi connectivity index (χ1) is 10.1. The van der Waals surface area contributed by atoms with Crippen molar-refractivity contribution in [3.8, 4) is 11.5 Å². The maximum Gasteiger partial charge on any atom is 0.248 e. The van der Waals surface area contributed by atoms with Gasteiger partial charge in [-0.2, -0.15) is 0 Å². The largest absolute Gasteiger partial charge is 0.453 e. The molecule has 0 fully saturated rings. The fourth-order valence-electron chi connectivity index (χ4n) is 1.95. The highest BCUT2D eigenvalue weighted by Crippen LogP contribution is 2.39. The average molecular weight is 305 g/mol. The molecule has 1 aliphatic heterocycles. The van der Waals surface area contributed by atoms with Gasteiger partial charge in [-0.3, -0.25) is 4.79 Å². The number of hydrogen-bond acceptors (Lipinski definition) is 5. The van der Waals surface area contributed by atoms with E-state index in [-0.39, 0.29) is 11.3 Å². The van der Waals surface area contributed by atoms with Crippen molar-refractivity contribution in [2.24, 2.45) is 5.73 Å². The van der Waals surface area contributed by atoms with E-state index in [1.807, 2.05) is 0 Å². The van der Waals surface area contributed by atoms with E-state index in [0.29, 0.717) is 5.75 Å². The molecule has 108 valence electrons. The van der Waals surface area contributed by atoms with Crippen molar-refractivity contribution in [2.45, 2.75) is 4.90 Å². The van der Waals surface area contributed by atoms with E-state index >= 15 is 0 Å². The van der Waals surface area contributed by atoms with Gasteiger partial charge in [-0.15, -0.1) is 11.8 Å². The van der Waals surface area contributed by atoms with E-state index in [4.69, 9.17) is 10.5 Å². The number of carbonyl (C=O) groups excluding carboxylic acids is 1.